The zero-order chi connectivity index (χ0) is 17.4. The van der Waals surface area contributed by atoms with Gasteiger partial charge < -0.3 is 11.5 Å². The summed E-state index contributed by atoms with van der Waals surface area (Å²) in [7, 11) is 0. The van der Waals surface area contributed by atoms with Gasteiger partial charge in [0.05, 0.1) is 5.54 Å². The number of hydrogen-bond donors (Lipinski definition) is 2. The van der Waals surface area contributed by atoms with Crippen molar-refractivity contribution in [3.8, 4) is 0 Å². The molecular formula is C21H30N2. The summed E-state index contributed by atoms with van der Waals surface area (Å²) in [5.74, 6) is 0.279. The van der Waals surface area contributed by atoms with Crippen molar-refractivity contribution in [2.75, 3.05) is 0 Å². The molecule has 1 unspecified atom stereocenters. The van der Waals surface area contributed by atoms with E-state index in [0.717, 1.165) is 11.1 Å². The van der Waals surface area contributed by atoms with Crippen molar-refractivity contribution in [3.63, 3.8) is 0 Å². The van der Waals surface area contributed by atoms with E-state index in [2.05, 4.69) is 77.9 Å². The van der Waals surface area contributed by atoms with Crippen LogP contribution < -0.4 is 11.5 Å². The highest BCUT2D eigenvalue weighted by atomic mass is 14.9. The van der Waals surface area contributed by atoms with Gasteiger partial charge in [-0.25, -0.2) is 0 Å². The third-order valence-electron chi connectivity index (χ3n) is 4.64. The molecule has 2 nitrogen and oxygen atoms in total. The lowest BCUT2D eigenvalue weighted by Gasteiger charge is -2.39. The zero-order valence-corrected chi connectivity index (χ0v) is 15.3. The van der Waals surface area contributed by atoms with Gasteiger partial charge in [0.25, 0.3) is 0 Å². The van der Waals surface area contributed by atoms with E-state index in [-0.39, 0.29) is 12.0 Å². The van der Waals surface area contributed by atoms with Crippen molar-refractivity contribution >= 4 is 0 Å². The quantitative estimate of drug-likeness (QED) is 0.893. The summed E-state index contributed by atoms with van der Waals surface area (Å²) >= 11 is 0. The van der Waals surface area contributed by atoms with Crippen molar-refractivity contribution in [1.82, 2.24) is 0 Å². The molecule has 0 heterocycles. The average molecular weight is 310 g/mol. The van der Waals surface area contributed by atoms with Crippen LogP contribution in [-0.4, -0.2) is 6.04 Å². The third kappa shape index (κ3) is 3.49. The fourth-order valence-electron chi connectivity index (χ4n) is 3.50. The van der Waals surface area contributed by atoms with Gasteiger partial charge in [0.1, 0.15) is 0 Å². The van der Waals surface area contributed by atoms with Gasteiger partial charge in [0, 0.05) is 6.04 Å². The summed E-state index contributed by atoms with van der Waals surface area (Å²) in [4.78, 5) is 0. The minimum atomic E-state index is -0.693. The molecule has 0 saturated heterocycles. The highest BCUT2D eigenvalue weighted by Crippen LogP contribution is 2.34. The Morgan fingerprint density at radius 1 is 0.696 bits per heavy atom. The second-order valence-corrected chi connectivity index (χ2v) is 7.39. The molecule has 2 aromatic carbocycles. The van der Waals surface area contributed by atoms with Crippen molar-refractivity contribution in [3.05, 3.63) is 69.8 Å². The summed E-state index contributed by atoms with van der Waals surface area (Å²) in [6.07, 6.45) is 0. The molecule has 0 bridgehead atoms. The zero-order valence-electron chi connectivity index (χ0n) is 15.3. The van der Waals surface area contributed by atoms with E-state index in [1.807, 2.05) is 0 Å². The molecule has 23 heavy (non-hydrogen) atoms. The Hall–Kier alpha value is -1.64. The average Bonchev–Trinajstić information content (AvgIpc) is 2.43. The van der Waals surface area contributed by atoms with E-state index in [9.17, 15) is 0 Å². The van der Waals surface area contributed by atoms with Gasteiger partial charge in [-0.2, -0.15) is 0 Å². The van der Waals surface area contributed by atoms with Crippen LogP contribution in [0, 0.1) is 33.6 Å². The second-order valence-electron chi connectivity index (χ2n) is 7.39. The van der Waals surface area contributed by atoms with E-state index in [4.69, 9.17) is 11.5 Å². The molecule has 0 amide bonds. The van der Waals surface area contributed by atoms with Crippen LogP contribution in [0.15, 0.2) is 36.4 Å². The van der Waals surface area contributed by atoms with Gasteiger partial charge in [-0.15, -0.1) is 0 Å². The lowest BCUT2D eigenvalue weighted by Crippen LogP contribution is -2.56. The Morgan fingerprint density at radius 3 is 1.26 bits per heavy atom. The minimum Gasteiger partial charge on any atom is -0.325 e. The smallest absolute Gasteiger partial charge is 0.0822 e. The van der Waals surface area contributed by atoms with Crippen LogP contribution in [-0.2, 0) is 5.54 Å². The van der Waals surface area contributed by atoms with E-state index in [0.29, 0.717) is 0 Å². The number of hydrogen-bond acceptors (Lipinski definition) is 2. The van der Waals surface area contributed by atoms with Crippen molar-refractivity contribution < 1.29 is 0 Å². The first kappa shape index (κ1) is 17.7. The summed E-state index contributed by atoms with van der Waals surface area (Å²) in [5, 5.41) is 0. The molecule has 1 atom stereocenters. The Bertz CT molecular complexity index is 609. The molecule has 0 spiro atoms. The fraction of sp³-hybridized carbons (Fsp3) is 0.429. The Morgan fingerprint density at radius 2 is 1.00 bits per heavy atom. The van der Waals surface area contributed by atoms with E-state index in [1.54, 1.807) is 0 Å². The van der Waals surface area contributed by atoms with Gasteiger partial charge in [0.2, 0.25) is 0 Å². The van der Waals surface area contributed by atoms with Crippen LogP contribution in [0.4, 0.5) is 0 Å². The molecule has 2 heteroatoms. The van der Waals surface area contributed by atoms with E-state index in [1.165, 1.54) is 22.3 Å². The number of rotatable bonds is 4. The Balaban J connectivity index is 2.74. The van der Waals surface area contributed by atoms with Gasteiger partial charge in [-0.1, -0.05) is 72.5 Å². The van der Waals surface area contributed by atoms with E-state index >= 15 is 0 Å². The van der Waals surface area contributed by atoms with Gasteiger partial charge >= 0.3 is 0 Å². The normalized spacial score (nSPS) is 13.4. The van der Waals surface area contributed by atoms with Crippen LogP contribution in [0.25, 0.3) is 0 Å². The fourth-order valence-corrected chi connectivity index (χ4v) is 3.50. The van der Waals surface area contributed by atoms with Gasteiger partial charge in [-0.3, -0.25) is 0 Å². The predicted molar refractivity (Wildman–Crippen MR) is 99.6 cm³/mol. The molecule has 0 aliphatic heterocycles. The summed E-state index contributed by atoms with van der Waals surface area (Å²) < 4.78 is 0. The first-order valence-corrected chi connectivity index (χ1v) is 8.36. The van der Waals surface area contributed by atoms with Crippen LogP contribution >= 0.6 is 0 Å². The first-order valence-electron chi connectivity index (χ1n) is 8.36. The largest absolute Gasteiger partial charge is 0.325 e. The summed E-state index contributed by atoms with van der Waals surface area (Å²) in [6, 6.07) is 12.9. The highest BCUT2D eigenvalue weighted by Gasteiger charge is 2.38. The topological polar surface area (TPSA) is 52.0 Å². The van der Waals surface area contributed by atoms with Gasteiger partial charge in [-0.05, 0) is 44.7 Å². The van der Waals surface area contributed by atoms with Crippen molar-refractivity contribution in [1.29, 1.82) is 0 Å². The number of benzene rings is 2. The van der Waals surface area contributed by atoms with Crippen molar-refractivity contribution in [2.45, 2.75) is 53.1 Å². The molecule has 124 valence electrons. The molecule has 0 aliphatic carbocycles. The summed E-state index contributed by atoms with van der Waals surface area (Å²) in [5.41, 5.74) is 20.0. The molecule has 0 aromatic heterocycles. The standard InChI is InChI=1S/C21H30N2/c1-13(2)20(22)21(23,18-9-14(3)7-15(4)10-18)19-11-16(5)8-17(6)12-19/h7-13,20H,22-23H2,1-6H3. The number of aryl methyl sites for hydroxylation is 4. The molecule has 0 radical (unpaired) electrons. The SMILES string of the molecule is Cc1cc(C)cc(C(N)(c2cc(C)cc(C)c2)C(N)C(C)C)c1. The lowest BCUT2D eigenvalue weighted by molar-refractivity contribution is 0.337. The second kappa shape index (κ2) is 6.46. The summed E-state index contributed by atoms with van der Waals surface area (Å²) in [6.45, 7) is 12.7. The molecule has 2 rings (SSSR count). The molecule has 4 N–H and O–H groups in total. The van der Waals surface area contributed by atoms with Crippen molar-refractivity contribution in [2.24, 2.45) is 17.4 Å². The monoisotopic (exact) mass is 310 g/mol. The van der Waals surface area contributed by atoms with Crippen LogP contribution in [0.3, 0.4) is 0 Å². The van der Waals surface area contributed by atoms with Crippen LogP contribution in [0.2, 0.25) is 0 Å². The maximum Gasteiger partial charge on any atom is 0.0822 e. The Labute approximate surface area is 140 Å². The number of nitrogens with two attached hydrogens (primary N) is 2. The van der Waals surface area contributed by atoms with E-state index < -0.39 is 5.54 Å². The molecule has 2 aromatic rings. The molecule has 0 fully saturated rings. The molecule has 0 saturated carbocycles. The Kier molecular flexibility index (Phi) is 4.98. The van der Waals surface area contributed by atoms with Crippen LogP contribution in [0.5, 0.6) is 0 Å². The van der Waals surface area contributed by atoms with Gasteiger partial charge in [0.15, 0.2) is 0 Å². The third-order valence-corrected chi connectivity index (χ3v) is 4.64. The maximum atomic E-state index is 7.04. The van der Waals surface area contributed by atoms with Crippen LogP contribution in [0.1, 0.15) is 47.2 Å². The molecular weight excluding hydrogens is 280 g/mol. The molecule has 0 aliphatic rings. The maximum absolute atomic E-state index is 7.04. The highest BCUT2D eigenvalue weighted by molar-refractivity contribution is 5.46. The first-order chi connectivity index (χ1) is 10.6. The minimum absolute atomic E-state index is 0.162. The predicted octanol–water partition coefficient (Wildman–Crippen LogP) is 4.11. The lowest BCUT2D eigenvalue weighted by atomic mass is 9.73.